The number of carbonyl (C=O) groups is 1. The van der Waals surface area contributed by atoms with E-state index in [1.54, 1.807) is 30.5 Å². The molecule has 0 fully saturated rings. The Morgan fingerprint density at radius 3 is 2.56 bits per heavy atom. The molecule has 1 heterocycles. The summed E-state index contributed by atoms with van der Waals surface area (Å²) in [4.78, 5) is 16.0. The molecule has 0 saturated carbocycles. The molecular formula is C20H17FN2OSe. The molecule has 0 bridgehead atoms. The third kappa shape index (κ3) is 4.75. The van der Waals surface area contributed by atoms with Gasteiger partial charge < -0.3 is 0 Å². The van der Waals surface area contributed by atoms with Gasteiger partial charge in [0.05, 0.1) is 0 Å². The third-order valence-electron chi connectivity index (χ3n) is 3.60. The van der Waals surface area contributed by atoms with Crippen LogP contribution in [0.5, 0.6) is 0 Å². The van der Waals surface area contributed by atoms with Gasteiger partial charge in [0.1, 0.15) is 0 Å². The number of nitrogens with one attached hydrogen (secondary N) is 1. The first-order valence-corrected chi connectivity index (χ1v) is 9.65. The maximum atomic E-state index is 14.3. The first-order valence-electron chi connectivity index (χ1n) is 7.93. The van der Waals surface area contributed by atoms with Crippen molar-refractivity contribution in [2.45, 2.75) is 6.42 Å². The summed E-state index contributed by atoms with van der Waals surface area (Å²) in [7, 11) is 0. The fraction of sp³-hybridized carbons (Fsp3) is 0.100. The molecule has 0 atom stereocenters. The zero-order valence-electron chi connectivity index (χ0n) is 13.5. The maximum absolute atomic E-state index is 14.3. The van der Waals surface area contributed by atoms with E-state index in [4.69, 9.17) is 0 Å². The molecule has 25 heavy (non-hydrogen) atoms. The summed E-state index contributed by atoms with van der Waals surface area (Å²) < 4.78 is 16.5. The van der Waals surface area contributed by atoms with Gasteiger partial charge in [0.25, 0.3) is 0 Å². The second kappa shape index (κ2) is 8.56. The number of amides is 1. The molecule has 0 saturated heterocycles. The molecule has 3 rings (SSSR count). The van der Waals surface area contributed by atoms with Gasteiger partial charge >= 0.3 is 152 Å². The zero-order chi connectivity index (χ0) is 17.5. The SMILES string of the molecule is O=C(NCCc1c(F)cccc1[Se]c1ccccc1)c1ccccn1. The van der Waals surface area contributed by atoms with Gasteiger partial charge in [0.15, 0.2) is 0 Å². The number of pyridine rings is 1. The monoisotopic (exact) mass is 400 g/mol. The average Bonchev–Trinajstić information content (AvgIpc) is 2.65. The summed E-state index contributed by atoms with van der Waals surface area (Å²) >= 11 is 0.0314. The van der Waals surface area contributed by atoms with Crippen molar-refractivity contribution in [3.8, 4) is 0 Å². The van der Waals surface area contributed by atoms with Crippen molar-refractivity contribution in [1.29, 1.82) is 0 Å². The topological polar surface area (TPSA) is 42.0 Å². The van der Waals surface area contributed by atoms with Gasteiger partial charge in [-0.2, -0.15) is 0 Å². The van der Waals surface area contributed by atoms with E-state index in [9.17, 15) is 9.18 Å². The normalized spacial score (nSPS) is 10.4. The van der Waals surface area contributed by atoms with Gasteiger partial charge in [0, 0.05) is 0 Å². The van der Waals surface area contributed by atoms with Crippen molar-refractivity contribution in [1.82, 2.24) is 10.3 Å². The van der Waals surface area contributed by atoms with E-state index >= 15 is 0 Å². The molecule has 0 aliphatic rings. The van der Waals surface area contributed by atoms with Crippen LogP contribution in [0.25, 0.3) is 0 Å². The Balaban J connectivity index is 1.67. The van der Waals surface area contributed by atoms with Crippen LogP contribution in [0.15, 0.2) is 72.9 Å². The van der Waals surface area contributed by atoms with Gasteiger partial charge in [-0.1, -0.05) is 0 Å². The molecule has 1 N–H and O–H groups in total. The Morgan fingerprint density at radius 1 is 1.00 bits per heavy atom. The molecule has 0 unspecified atom stereocenters. The Labute approximate surface area is 152 Å². The molecule has 1 aromatic heterocycles. The molecule has 0 radical (unpaired) electrons. The number of hydrogen-bond acceptors (Lipinski definition) is 2. The number of benzene rings is 2. The summed E-state index contributed by atoms with van der Waals surface area (Å²) in [6.45, 7) is 0.369. The van der Waals surface area contributed by atoms with Crippen molar-refractivity contribution < 1.29 is 9.18 Å². The van der Waals surface area contributed by atoms with Gasteiger partial charge in [-0.15, -0.1) is 0 Å². The molecule has 3 nitrogen and oxygen atoms in total. The molecule has 2 aromatic carbocycles. The molecule has 1 amide bonds. The number of rotatable bonds is 6. The molecule has 5 heteroatoms. The number of carbonyl (C=O) groups excluding carboxylic acids is 1. The summed E-state index contributed by atoms with van der Waals surface area (Å²) in [5.74, 6) is -0.463. The minimum absolute atomic E-state index is 0.0314. The van der Waals surface area contributed by atoms with Crippen LogP contribution in [0.3, 0.4) is 0 Å². The summed E-state index contributed by atoms with van der Waals surface area (Å²) in [6, 6.07) is 20.4. The zero-order valence-corrected chi connectivity index (χ0v) is 15.2. The van der Waals surface area contributed by atoms with Crippen molar-refractivity contribution in [3.05, 3.63) is 90.0 Å². The van der Waals surface area contributed by atoms with Crippen molar-refractivity contribution in [2.75, 3.05) is 6.54 Å². The van der Waals surface area contributed by atoms with E-state index in [1.165, 1.54) is 10.5 Å². The molecule has 0 spiro atoms. The van der Waals surface area contributed by atoms with Crippen LogP contribution in [0, 0.1) is 5.82 Å². The van der Waals surface area contributed by atoms with Gasteiger partial charge in [-0.05, 0) is 0 Å². The van der Waals surface area contributed by atoms with E-state index in [0.29, 0.717) is 24.2 Å². The number of nitrogens with zero attached hydrogens (tertiary/aromatic N) is 1. The summed E-state index contributed by atoms with van der Waals surface area (Å²) in [5.41, 5.74) is 1.04. The van der Waals surface area contributed by atoms with Crippen molar-refractivity contribution in [2.24, 2.45) is 0 Å². The fourth-order valence-corrected chi connectivity index (χ4v) is 4.51. The Morgan fingerprint density at radius 2 is 1.80 bits per heavy atom. The van der Waals surface area contributed by atoms with E-state index in [1.807, 2.05) is 24.3 Å². The van der Waals surface area contributed by atoms with Crippen LogP contribution in [-0.4, -0.2) is 32.4 Å². The van der Waals surface area contributed by atoms with Crippen LogP contribution in [0.1, 0.15) is 16.1 Å². The minimum atomic E-state index is -0.243. The van der Waals surface area contributed by atoms with Crippen LogP contribution in [-0.2, 0) is 6.42 Å². The second-order valence-electron chi connectivity index (χ2n) is 5.35. The van der Waals surface area contributed by atoms with Gasteiger partial charge in [-0.25, -0.2) is 0 Å². The van der Waals surface area contributed by atoms with E-state index in [0.717, 1.165) is 4.46 Å². The third-order valence-corrected chi connectivity index (χ3v) is 5.93. The molecule has 3 aromatic rings. The summed E-state index contributed by atoms with van der Waals surface area (Å²) in [6.07, 6.45) is 2.03. The predicted octanol–water partition coefficient (Wildman–Crippen LogP) is 1.85. The molecule has 126 valence electrons. The quantitative estimate of drug-likeness (QED) is 0.643. The first-order chi connectivity index (χ1) is 12.2. The standard InChI is InChI=1S/C20H17FN2OSe/c21-17-9-6-11-19(25-15-7-2-1-3-8-15)16(17)12-14-23-20(24)18-10-4-5-13-22-18/h1-11,13H,12,14H2,(H,23,24). The van der Waals surface area contributed by atoms with Gasteiger partial charge in [-0.3, -0.25) is 0 Å². The predicted molar refractivity (Wildman–Crippen MR) is 98.1 cm³/mol. The van der Waals surface area contributed by atoms with Gasteiger partial charge in [0.2, 0.25) is 0 Å². The van der Waals surface area contributed by atoms with Crippen molar-refractivity contribution >= 4 is 29.8 Å². The van der Waals surface area contributed by atoms with Crippen LogP contribution in [0.2, 0.25) is 0 Å². The van der Waals surface area contributed by atoms with E-state index in [-0.39, 0.29) is 26.7 Å². The molecular weight excluding hydrogens is 382 g/mol. The first kappa shape index (κ1) is 17.3. The molecule has 0 aliphatic carbocycles. The van der Waals surface area contributed by atoms with Crippen LogP contribution in [0.4, 0.5) is 4.39 Å². The fourth-order valence-electron chi connectivity index (χ4n) is 2.38. The number of aromatic nitrogens is 1. The van der Waals surface area contributed by atoms with Crippen LogP contribution < -0.4 is 14.2 Å². The average molecular weight is 399 g/mol. The van der Waals surface area contributed by atoms with E-state index in [2.05, 4.69) is 22.4 Å². The van der Waals surface area contributed by atoms with Crippen LogP contribution >= 0.6 is 0 Å². The molecule has 0 aliphatic heterocycles. The Kier molecular flexibility index (Phi) is 5.94. The van der Waals surface area contributed by atoms with Crippen molar-refractivity contribution in [3.63, 3.8) is 0 Å². The Bertz CT molecular complexity index is 841. The number of halogens is 1. The van der Waals surface area contributed by atoms with E-state index < -0.39 is 0 Å². The summed E-state index contributed by atoms with van der Waals surface area (Å²) in [5, 5.41) is 2.80. The Hall–Kier alpha value is -2.49. The second-order valence-corrected chi connectivity index (χ2v) is 7.69. The number of hydrogen-bond donors (Lipinski definition) is 1.